The number of nitrogens with zero attached hydrogens (tertiary/aromatic N) is 3. The third-order valence-corrected chi connectivity index (χ3v) is 14.0. The highest BCUT2D eigenvalue weighted by molar-refractivity contribution is 6.10. The van der Waals surface area contributed by atoms with E-state index in [0.29, 0.717) is 27.1 Å². The fourth-order valence-electron chi connectivity index (χ4n) is 10.8. The standard InChI is InChI=1S/C60H43N3O2/c1-60(2,3)40-34-49-57-50(35-40)59(65)48-33-39(37-22-28-42(29-23-37)62-53-18-10-6-14-45(53)46-15-7-11-19-54(46)62)25-31-56(48)63(57)55-30-24-38(32-47(55)58(49)64)36-20-26-41(27-21-36)61-51-16-8-4-12-43(51)44-13-5-9-17-52(44)61/h4-6,8-14,16-35H,7,15H2,1-3H3. The molecule has 0 amide bonds. The van der Waals surface area contributed by atoms with Gasteiger partial charge in [-0.2, -0.15) is 0 Å². The summed E-state index contributed by atoms with van der Waals surface area (Å²) in [7, 11) is 0. The first-order valence-electron chi connectivity index (χ1n) is 22.6. The molecule has 13 rings (SSSR count). The number of benzene rings is 8. The van der Waals surface area contributed by atoms with E-state index in [0.717, 1.165) is 74.1 Å². The van der Waals surface area contributed by atoms with E-state index in [1.165, 1.54) is 32.9 Å². The number of rotatable bonds is 4. The first-order chi connectivity index (χ1) is 31.7. The van der Waals surface area contributed by atoms with Gasteiger partial charge in [0.05, 0.1) is 33.1 Å². The average molecular weight is 838 g/mol. The van der Waals surface area contributed by atoms with Gasteiger partial charge in [0.1, 0.15) is 0 Å². The first kappa shape index (κ1) is 37.5. The van der Waals surface area contributed by atoms with Crippen molar-refractivity contribution in [3.63, 3.8) is 0 Å². The number of hydrogen-bond acceptors (Lipinski definition) is 2. The van der Waals surface area contributed by atoms with Crippen molar-refractivity contribution >= 4 is 76.9 Å². The number of para-hydroxylation sites is 3. The van der Waals surface area contributed by atoms with E-state index in [4.69, 9.17) is 0 Å². The second-order valence-electron chi connectivity index (χ2n) is 18.7. The minimum atomic E-state index is -0.291. The minimum absolute atomic E-state index is 0.0643. The van der Waals surface area contributed by atoms with E-state index >= 15 is 0 Å². The van der Waals surface area contributed by atoms with Crippen molar-refractivity contribution in [1.29, 1.82) is 0 Å². The summed E-state index contributed by atoms with van der Waals surface area (Å²) in [5.41, 5.74) is 15.1. The molecule has 0 bridgehead atoms. The topological polar surface area (TPSA) is 48.4 Å². The Bertz CT molecular complexity index is 4070. The number of fused-ring (bicyclic) bond motifs is 10. The lowest BCUT2D eigenvalue weighted by Gasteiger charge is -2.22. The molecule has 4 aromatic heterocycles. The maximum absolute atomic E-state index is 14.8. The van der Waals surface area contributed by atoms with Gasteiger partial charge in [-0.3, -0.25) is 9.59 Å². The fraction of sp³-hybridized carbons (Fsp3) is 0.100. The quantitative estimate of drug-likeness (QED) is 0.131. The number of aromatic nitrogens is 3. The van der Waals surface area contributed by atoms with Crippen molar-refractivity contribution in [1.82, 2.24) is 13.5 Å². The van der Waals surface area contributed by atoms with Gasteiger partial charge in [0.15, 0.2) is 10.9 Å². The van der Waals surface area contributed by atoms with Crippen LogP contribution in [0.25, 0.3) is 111 Å². The van der Waals surface area contributed by atoms with Crippen LogP contribution in [0.1, 0.15) is 44.0 Å². The SMILES string of the molecule is CC(C)(C)c1cc2c(=O)c3cc(-c4ccc(-n5c6c(c7ccccc75)CCC=C6)cc4)ccc3n3c4ccc(-c5ccc(-n6c7ccccc7c7ccccc76)cc5)cc4c(=O)c(c1)c23. The summed E-state index contributed by atoms with van der Waals surface area (Å²) in [4.78, 5) is 29.7. The molecule has 1 aliphatic carbocycles. The Morgan fingerprint density at radius 1 is 0.431 bits per heavy atom. The van der Waals surface area contributed by atoms with Gasteiger partial charge >= 0.3 is 0 Å². The maximum Gasteiger partial charge on any atom is 0.197 e. The van der Waals surface area contributed by atoms with Gasteiger partial charge in [0.25, 0.3) is 0 Å². The maximum atomic E-state index is 14.8. The highest BCUT2D eigenvalue weighted by atomic mass is 16.1. The highest BCUT2D eigenvalue weighted by Crippen LogP contribution is 2.38. The van der Waals surface area contributed by atoms with Crippen molar-refractivity contribution in [3.8, 4) is 33.6 Å². The van der Waals surface area contributed by atoms with Crippen LogP contribution < -0.4 is 10.9 Å². The van der Waals surface area contributed by atoms with Crippen LogP contribution in [-0.2, 0) is 11.8 Å². The molecule has 0 radical (unpaired) electrons. The third-order valence-electron chi connectivity index (χ3n) is 14.0. The molecular formula is C60H43N3O2. The molecule has 4 heterocycles. The van der Waals surface area contributed by atoms with Crippen LogP contribution in [0.15, 0.2) is 186 Å². The van der Waals surface area contributed by atoms with Gasteiger partial charge in [0.2, 0.25) is 0 Å². The molecule has 0 atom stereocenters. The smallest absolute Gasteiger partial charge is 0.197 e. The predicted octanol–water partition coefficient (Wildman–Crippen LogP) is 14.2. The van der Waals surface area contributed by atoms with Gasteiger partial charge in [-0.25, -0.2) is 0 Å². The lowest BCUT2D eigenvalue weighted by molar-refractivity contribution is 0.591. The molecule has 5 nitrogen and oxygen atoms in total. The van der Waals surface area contributed by atoms with Gasteiger partial charge in [-0.15, -0.1) is 0 Å². The molecule has 12 aromatic rings. The zero-order valence-electron chi connectivity index (χ0n) is 36.4. The van der Waals surface area contributed by atoms with Gasteiger partial charge in [-0.05, 0) is 137 Å². The molecule has 5 heteroatoms. The lowest BCUT2D eigenvalue weighted by atomic mass is 9.85. The van der Waals surface area contributed by atoms with Crippen LogP contribution in [0.4, 0.5) is 0 Å². The van der Waals surface area contributed by atoms with Crippen LogP contribution in [0, 0.1) is 0 Å². The highest BCUT2D eigenvalue weighted by Gasteiger charge is 2.24. The molecule has 0 unspecified atom stereocenters. The Morgan fingerprint density at radius 3 is 1.42 bits per heavy atom. The van der Waals surface area contributed by atoms with E-state index in [9.17, 15) is 9.59 Å². The van der Waals surface area contributed by atoms with Crippen molar-refractivity contribution < 1.29 is 0 Å². The molecule has 0 fully saturated rings. The Labute approximate surface area is 374 Å². The number of pyridine rings is 2. The second-order valence-corrected chi connectivity index (χ2v) is 18.7. The van der Waals surface area contributed by atoms with Crippen LogP contribution in [0.3, 0.4) is 0 Å². The monoisotopic (exact) mass is 837 g/mol. The van der Waals surface area contributed by atoms with Crippen LogP contribution in [0.5, 0.6) is 0 Å². The van der Waals surface area contributed by atoms with Crippen LogP contribution in [0.2, 0.25) is 0 Å². The van der Waals surface area contributed by atoms with Gasteiger partial charge in [0, 0.05) is 54.8 Å². The summed E-state index contributed by atoms with van der Waals surface area (Å²) >= 11 is 0. The fourth-order valence-corrected chi connectivity index (χ4v) is 10.8. The first-order valence-corrected chi connectivity index (χ1v) is 22.6. The zero-order chi connectivity index (χ0) is 43.7. The van der Waals surface area contributed by atoms with E-state index in [2.05, 4.69) is 192 Å². The Kier molecular flexibility index (Phi) is 7.93. The molecule has 0 spiro atoms. The minimum Gasteiger partial charge on any atom is -0.310 e. The molecule has 0 saturated heterocycles. The second kappa shape index (κ2) is 13.7. The Balaban J connectivity index is 0.962. The van der Waals surface area contributed by atoms with Crippen molar-refractivity contribution in [2.45, 2.75) is 39.0 Å². The molecule has 65 heavy (non-hydrogen) atoms. The van der Waals surface area contributed by atoms with Gasteiger partial charge < -0.3 is 13.5 Å². The van der Waals surface area contributed by atoms with Crippen molar-refractivity contribution in [3.05, 3.63) is 213 Å². The summed E-state index contributed by atoms with van der Waals surface area (Å²) in [5.74, 6) is 0. The Hall–Kier alpha value is -8.02. The predicted molar refractivity (Wildman–Crippen MR) is 272 cm³/mol. The Morgan fingerprint density at radius 2 is 0.892 bits per heavy atom. The number of aryl methyl sites for hydroxylation is 1. The molecule has 1 aliphatic rings. The van der Waals surface area contributed by atoms with E-state index in [1.807, 2.05) is 24.3 Å². The summed E-state index contributed by atoms with van der Waals surface area (Å²) < 4.78 is 6.83. The van der Waals surface area contributed by atoms with E-state index in [-0.39, 0.29) is 16.3 Å². The van der Waals surface area contributed by atoms with E-state index in [1.54, 1.807) is 0 Å². The molecule has 0 aliphatic heterocycles. The zero-order valence-corrected chi connectivity index (χ0v) is 36.4. The summed E-state index contributed by atoms with van der Waals surface area (Å²) in [6.45, 7) is 6.40. The third kappa shape index (κ3) is 5.51. The van der Waals surface area contributed by atoms with Crippen LogP contribution >= 0.6 is 0 Å². The van der Waals surface area contributed by atoms with Crippen LogP contribution in [-0.4, -0.2) is 13.5 Å². The molecular weight excluding hydrogens is 795 g/mol. The molecule has 0 N–H and O–H groups in total. The average Bonchev–Trinajstić information content (AvgIpc) is 3.86. The molecule has 0 saturated carbocycles. The van der Waals surface area contributed by atoms with Crippen molar-refractivity contribution in [2.24, 2.45) is 0 Å². The number of allylic oxidation sites excluding steroid dienone is 1. The van der Waals surface area contributed by atoms with E-state index < -0.39 is 0 Å². The lowest BCUT2D eigenvalue weighted by Crippen LogP contribution is -2.18. The number of hydrogen-bond donors (Lipinski definition) is 0. The largest absolute Gasteiger partial charge is 0.310 e. The molecule has 8 aromatic carbocycles. The summed E-state index contributed by atoms with van der Waals surface area (Å²) in [6.07, 6.45) is 6.62. The summed E-state index contributed by atoms with van der Waals surface area (Å²) in [6, 6.07) is 59.5. The molecule has 310 valence electrons. The van der Waals surface area contributed by atoms with Crippen molar-refractivity contribution in [2.75, 3.05) is 0 Å². The van der Waals surface area contributed by atoms with Gasteiger partial charge in [-0.1, -0.05) is 118 Å². The normalized spacial score (nSPS) is 13.1. The summed E-state index contributed by atoms with van der Waals surface area (Å²) in [5, 5.41) is 6.12.